The van der Waals surface area contributed by atoms with Crippen LogP contribution in [-0.4, -0.2) is 52.4 Å². The van der Waals surface area contributed by atoms with Gasteiger partial charge in [0.15, 0.2) is 0 Å². The second-order valence-corrected chi connectivity index (χ2v) is 4.83. The minimum atomic E-state index is 0.141. The number of carbonyl (C=O) groups excluding carboxylic acids is 1. The van der Waals surface area contributed by atoms with Crippen LogP contribution >= 0.6 is 0 Å². The zero-order valence-electron chi connectivity index (χ0n) is 11.4. The van der Waals surface area contributed by atoms with Crippen molar-refractivity contribution in [2.75, 3.05) is 32.1 Å². The summed E-state index contributed by atoms with van der Waals surface area (Å²) in [6.07, 6.45) is 0.968. The molecule has 1 amide bonds. The molecule has 7 heteroatoms. The van der Waals surface area contributed by atoms with Crippen LogP contribution in [0.5, 0.6) is 0 Å². The highest BCUT2D eigenvalue weighted by Crippen LogP contribution is 2.09. The zero-order valence-corrected chi connectivity index (χ0v) is 11.4. The van der Waals surface area contributed by atoms with Crippen LogP contribution in [0.25, 0.3) is 0 Å². The average Bonchev–Trinajstić information content (AvgIpc) is 2.51. The molecule has 1 aliphatic heterocycles. The van der Waals surface area contributed by atoms with Crippen LogP contribution in [0, 0.1) is 6.92 Å². The fourth-order valence-corrected chi connectivity index (χ4v) is 2.16. The third kappa shape index (κ3) is 3.62. The molecule has 0 bridgehead atoms. The van der Waals surface area contributed by atoms with Crippen molar-refractivity contribution in [3.63, 3.8) is 0 Å². The number of amides is 1. The normalized spacial score (nSPS) is 17.4. The number of hydrogen-bond donors (Lipinski definition) is 2. The van der Waals surface area contributed by atoms with E-state index in [1.165, 1.54) is 0 Å². The van der Waals surface area contributed by atoms with E-state index in [2.05, 4.69) is 20.3 Å². The third-order valence-corrected chi connectivity index (χ3v) is 3.17. The van der Waals surface area contributed by atoms with Gasteiger partial charge in [0, 0.05) is 31.9 Å². The highest BCUT2D eigenvalue weighted by molar-refractivity contribution is 5.78. The lowest BCUT2D eigenvalue weighted by atomic mass is 10.3. The monoisotopic (exact) mass is 264 g/mol. The topological polar surface area (TPSA) is 87.4 Å². The highest BCUT2D eigenvalue weighted by atomic mass is 16.2. The van der Waals surface area contributed by atoms with Gasteiger partial charge in [0.1, 0.15) is 11.6 Å². The number of rotatable bonds is 3. The van der Waals surface area contributed by atoms with Crippen molar-refractivity contribution in [1.82, 2.24) is 19.8 Å². The standard InChI is InChI=1S/C12H20N6O/c1-9-6-10(16-13)15-11(14-9)7-18-5-3-4-17(2)12(19)8-18/h6H,3-5,7-8,13H2,1-2H3,(H,14,15,16). The van der Waals surface area contributed by atoms with Gasteiger partial charge in [0.2, 0.25) is 5.91 Å². The van der Waals surface area contributed by atoms with Crippen molar-refractivity contribution in [2.24, 2.45) is 5.84 Å². The number of aryl methyl sites for hydroxylation is 1. The molecule has 1 aliphatic rings. The van der Waals surface area contributed by atoms with E-state index in [1.807, 2.05) is 14.0 Å². The van der Waals surface area contributed by atoms with Crippen LogP contribution < -0.4 is 11.3 Å². The maximum atomic E-state index is 11.8. The molecule has 0 aliphatic carbocycles. The maximum absolute atomic E-state index is 11.8. The third-order valence-electron chi connectivity index (χ3n) is 3.17. The maximum Gasteiger partial charge on any atom is 0.236 e. The number of hydrogen-bond acceptors (Lipinski definition) is 6. The summed E-state index contributed by atoms with van der Waals surface area (Å²) in [5.41, 5.74) is 3.39. The van der Waals surface area contributed by atoms with Crippen LogP contribution in [0.1, 0.15) is 17.9 Å². The second-order valence-electron chi connectivity index (χ2n) is 4.83. The Labute approximate surface area is 112 Å². The summed E-state index contributed by atoms with van der Waals surface area (Å²) >= 11 is 0. The van der Waals surface area contributed by atoms with Gasteiger partial charge in [-0.2, -0.15) is 0 Å². The van der Waals surface area contributed by atoms with Gasteiger partial charge in [-0.1, -0.05) is 0 Å². The van der Waals surface area contributed by atoms with E-state index in [9.17, 15) is 4.79 Å². The first-order chi connectivity index (χ1) is 9.08. The molecule has 0 spiro atoms. The van der Waals surface area contributed by atoms with Crippen LogP contribution in [0.15, 0.2) is 6.07 Å². The summed E-state index contributed by atoms with van der Waals surface area (Å²) < 4.78 is 0. The highest BCUT2D eigenvalue weighted by Gasteiger charge is 2.19. The number of aromatic nitrogens is 2. The Balaban J connectivity index is 2.07. The SMILES string of the molecule is Cc1cc(NN)nc(CN2CCCN(C)C(=O)C2)n1. The molecular weight excluding hydrogens is 244 g/mol. The Morgan fingerprint density at radius 1 is 1.42 bits per heavy atom. The van der Waals surface area contributed by atoms with E-state index < -0.39 is 0 Å². The molecule has 7 nitrogen and oxygen atoms in total. The minimum Gasteiger partial charge on any atom is -0.345 e. The predicted octanol–water partition coefficient (Wildman–Crippen LogP) is -0.265. The molecule has 0 aromatic carbocycles. The van der Waals surface area contributed by atoms with Crippen molar-refractivity contribution in [3.8, 4) is 0 Å². The summed E-state index contributed by atoms with van der Waals surface area (Å²) in [5.74, 6) is 6.80. The van der Waals surface area contributed by atoms with Crippen LogP contribution in [0.2, 0.25) is 0 Å². The number of anilines is 1. The van der Waals surface area contributed by atoms with Gasteiger partial charge in [0.25, 0.3) is 0 Å². The average molecular weight is 264 g/mol. The van der Waals surface area contributed by atoms with Crippen molar-refractivity contribution in [3.05, 3.63) is 17.6 Å². The lowest BCUT2D eigenvalue weighted by molar-refractivity contribution is -0.130. The summed E-state index contributed by atoms with van der Waals surface area (Å²) in [7, 11) is 1.84. The van der Waals surface area contributed by atoms with Crippen LogP contribution in [0.3, 0.4) is 0 Å². The smallest absolute Gasteiger partial charge is 0.236 e. The van der Waals surface area contributed by atoms with E-state index in [0.29, 0.717) is 24.7 Å². The summed E-state index contributed by atoms with van der Waals surface area (Å²) in [6.45, 7) is 4.56. The predicted molar refractivity (Wildman–Crippen MR) is 72.1 cm³/mol. The molecule has 104 valence electrons. The van der Waals surface area contributed by atoms with Crippen molar-refractivity contribution in [2.45, 2.75) is 19.9 Å². The molecule has 0 unspecified atom stereocenters. The van der Waals surface area contributed by atoms with Gasteiger partial charge < -0.3 is 10.3 Å². The lowest BCUT2D eigenvalue weighted by Crippen LogP contribution is -2.34. The molecule has 3 N–H and O–H groups in total. The Morgan fingerprint density at radius 3 is 2.95 bits per heavy atom. The first-order valence-electron chi connectivity index (χ1n) is 6.36. The zero-order chi connectivity index (χ0) is 13.8. The number of carbonyl (C=O) groups is 1. The van der Waals surface area contributed by atoms with Crippen molar-refractivity contribution in [1.29, 1.82) is 0 Å². The summed E-state index contributed by atoms with van der Waals surface area (Å²) in [6, 6.07) is 1.78. The fourth-order valence-electron chi connectivity index (χ4n) is 2.16. The largest absolute Gasteiger partial charge is 0.345 e. The number of hydrazine groups is 1. The fraction of sp³-hybridized carbons (Fsp3) is 0.583. The molecule has 0 saturated carbocycles. The molecule has 1 fully saturated rings. The molecular formula is C12H20N6O. The van der Waals surface area contributed by atoms with Crippen molar-refractivity contribution < 1.29 is 4.79 Å². The van der Waals surface area contributed by atoms with Gasteiger partial charge in [-0.25, -0.2) is 15.8 Å². The Bertz CT molecular complexity index is 464. The quantitative estimate of drug-likeness (QED) is 0.577. The number of nitrogens with zero attached hydrogens (tertiary/aromatic N) is 4. The Morgan fingerprint density at radius 2 is 2.21 bits per heavy atom. The number of likely N-dealkylation sites (N-methyl/N-ethyl adjacent to an activating group) is 1. The molecule has 0 radical (unpaired) electrons. The van der Waals surface area contributed by atoms with Crippen LogP contribution in [-0.2, 0) is 11.3 Å². The molecule has 1 aromatic rings. The molecule has 19 heavy (non-hydrogen) atoms. The lowest BCUT2D eigenvalue weighted by Gasteiger charge is -2.18. The Hall–Kier alpha value is -1.73. The van der Waals surface area contributed by atoms with Gasteiger partial charge in [-0.3, -0.25) is 9.69 Å². The van der Waals surface area contributed by atoms with E-state index in [4.69, 9.17) is 5.84 Å². The van der Waals surface area contributed by atoms with E-state index in [1.54, 1.807) is 11.0 Å². The Kier molecular flexibility index (Phi) is 4.28. The van der Waals surface area contributed by atoms with E-state index in [-0.39, 0.29) is 5.91 Å². The van der Waals surface area contributed by atoms with Gasteiger partial charge >= 0.3 is 0 Å². The first-order valence-corrected chi connectivity index (χ1v) is 6.36. The summed E-state index contributed by atoms with van der Waals surface area (Å²) in [4.78, 5) is 24.3. The summed E-state index contributed by atoms with van der Waals surface area (Å²) in [5, 5.41) is 0. The minimum absolute atomic E-state index is 0.141. The van der Waals surface area contributed by atoms with E-state index in [0.717, 1.165) is 25.2 Å². The van der Waals surface area contributed by atoms with Crippen LogP contribution in [0.4, 0.5) is 5.82 Å². The number of nitrogens with one attached hydrogen (secondary N) is 1. The molecule has 1 saturated heterocycles. The molecule has 2 rings (SSSR count). The molecule has 2 heterocycles. The first kappa shape index (κ1) is 13.7. The number of nitrogens with two attached hydrogens (primary N) is 1. The van der Waals surface area contributed by atoms with E-state index >= 15 is 0 Å². The molecule has 0 atom stereocenters. The van der Waals surface area contributed by atoms with Gasteiger partial charge in [-0.15, -0.1) is 0 Å². The van der Waals surface area contributed by atoms with Gasteiger partial charge in [0.05, 0.1) is 13.1 Å². The second kappa shape index (κ2) is 5.94. The van der Waals surface area contributed by atoms with Crippen molar-refractivity contribution >= 4 is 11.7 Å². The van der Waals surface area contributed by atoms with Gasteiger partial charge in [-0.05, 0) is 13.3 Å². The molecule has 1 aromatic heterocycles. The number of nitrogen functional groups attached to an aromatic ring is 1.